The summed E-state index contributed by atoms with van der Waals surface area (Å²) in [4.78, 5) is 11.8. The molecule has 122 valence electrons. The van der Waals surface area contributed by atoms with Crippen LogP contribution in [0.5, 0.6) is 0 Å². The van der Waals surface area contributed by atoms with E-state index in [0.717, 1.165) is 19.3 Å². The first-order valence-corrected chi connectivity index (χ1v) is 8.14. The van der Waals surface area contributed by atoms with Crippen molar-refractivity contribution in [2.24, 2.45) is 0 Å². The molecular formula is C18H28N2O2. The van der Waals surface area contributed by atoms with Gasteiger partial charge in [-0.3, -0.25) is 0 Å². The molecule has 3 atom stereocenters. The van der Waals surface area contributed by atoms with Crippen LogP contribution in [0.3, 0.4) is 0 Å². The van der Waals surface area contributed by atoms with Gasteiger partial charge in [-0.15, -0.1) is 0 Å². The summed E-state index contributed by atoms with van der Waals surface area (Å²) in [5, 5.41) is 6.63. The maximum Gasteiger partial charge on any atom is 0.407 e. The number of carbonyl (C=O) groups is 1. The second-order valence-corrected chi connectivity index (χ2v) is 7.15. The molecule has 1 amide bonds. The second kappa shape index (κ2) is 7.14. The van der Waals surface area contributed by atoms with Crippen molar-refractivity contribution in [1.29, 1.82) is 0 Å². The number of benzene rings is 1. The summed E-state index contributed by atoms with van der Waals surface area (Å²) >= 11 is 0. The van der Waals surface area contributed by atoms with Gasteiger partial charge in [0.1, 0.15) is 5.60 Å². The van der Waals surface area contributed by atoms with Gasteiger partial charge in [-0.2, -0.15) is 0 Å². The molecule has 1 saturated carbocycles. The molecule has 0 aromatic heterocycles. The minimum atomic E-state index is -0.442. The van der Waals surface area contributed by atoms with E-state index in [1.54, 1.807) is 0 Å². The molecule has 1 aliphatic rings. The average Bonchev–Trinajstić information content (AvgIpc) is 2.84. The third-order valence-corrected chi connectivity index (χ3v) is 3.94. The van der Waals surface area contributed by atoms with E-state index in [2.05, 4.69) is 41.8 Å². The van der Waals surface area contributed by atoms with Gasteiger partial charge in [0.15, 0.2) is 0 Å². The van der Waals surface area contributed by atoms with E-state index in [4.69, 9.17) is 4.74 Å². The van der Waals surface area contributed by atoms with Crippen LogP contribution in [0, 0.1) is 0 Å². The molecule has 0 radical (unpaired) electrons. The number of alkyl carbamates (subject to hydrolysis) is 1. The smallest absolute Gasteiger partial charge is 0.407 e. The van der Waals surface area contributed by atoms with Crippen LogP contribution in [0.2, 0.25) is 0 Å². The Morgan fingerprint density at radius 1 is 1.18 bits per heavy atom. The second-order valence-electron chi connectivity index (χ2n) is 7.15. The highest BCUT2D eigenvalue weighted by molar-refractivity contribution is 5.68. The van der Waals surface area contributed by atoms with Crippen molar-refractivity contribution in [3.63, 3.8) is 0 Å². The molecule has 4 nitrogen and oxygen atoms in total. The van der Waals surface area contributed by atoms with Crippen LogP contribution in [-0.2, 0) is 4.74 Å². The Morgan fingerprint density at radius 3 is 2.45 bits per heavy atom. The van der Waals surface area contributed by atoms with Crippen molar-refractivity contribution in [3.8, 4) is 0 Å². The van der Waals surface area contributed by atoms with Crippen LogP contribution in [-0.4, -0.2) is 23.8 Å². The van der Waals surface area contributed by atoms with E-state index in [-0.39, 0.29) is 12.1 Å². The van der Waals surface area contributed by atoms with Gasteiger partial charge in [-0.1, -0.05) is 30.3 Å². The fraction of sp³-hybridized carbons (Fsp3) is 0.611. The molecule has 0 saturated heterocycles. The number of ether oxygens (including phenoxy) is 1. The van der Waals surface area contributed by atoms with Crippen LogP contribution in [0.15, 0.2) is 30.3 Å². The predicted octanol–water partition coefficient (Wildman–Crippen LogP) is 3.78. The van der Waals surface area contributed by atoms with E-state index in [1.165, 1.54) is 5.56 Å². The largest absolute Gasteiger partial charge is 0.444 e. The molecule has 0 heterocycles. The number of carbonyl (C=O) groups excluding carboxylic acids is 1. The molecule has 3 unspecified atom stereocenters. The first-order valence-electron chi connectivity index (χ1n) is 8.14. The molecule has 1 aliphatic carbocycles. The van der Waals surface area contributed by atoms with Gasteiger partial charge in [0.25, 0.3) is 0 Å². The molecule has 1 fully saturated rings. The van der Waals surface area contributed by atoms with Crippen LogP contribution < -0.4 is 10.6 Å². The lowest BCUT2D eigenvalue weighted by molar-refractivity contribution is 0.0505. The Bertz CT molecular complexity index is 482. The third kappa shape index (κ3) is 5.34. The first kappa shape index (κ1) is 16.8. The van der Waals surface area contributed by atoms with Gasteiger partial charge in [-0.05, 0) is 52.5 Å². The normalized spacial score (nSPS) is 23.1. The fourth-order valence-electron chi connectivity index (χ4n) is 2.93. The summed E-state index contributed by atoms with van der Waals surface area (Å²) in [6.07, 6.45) is 2.72. The van der Waals surface area contributed by atoms with E-state index in [0.29, 0.717) is 12.1 Å². The summed E-state index contributed by atoms with van der Waals surface area (Å²) in [6.45, 7) is 7.83. The molecular weight excluding hydrogens is 276 g/mol. The van der Waals surface area contributed by atoms with E-state index >= 15 is 0 Å². The van der Waals surface area contributed by atoms with E-state index < -0.39 is 5.60 Å². The predicted molar refractivity (Wildman–Crippen MR) is 88.8 cm³/mol. The summed E-state index contributed by atoms with van der Waals surface area (Å²) in [5.74, 6) is 0. The molecule has 1 aromatic rings. The minimum absolute atomic E-state index is 0.204. The number of nitrogens with one attached hydrogen (secondary N) is 2. The highest BCUT2D eigenvalue weighted by Crippen LogP contribution is 2.23. The number of rotatable bonds is 4. The Morgan fingerprint density at radius 2 is 1.82 bits per heavy atom. The quantitative estimate of drug-likeness (QED) is 0.890. The molecule has 0 bridgehead atoms. The third-order valence-electron chi connectivity index (χ3n) is 3.94. The molecule has 1 aromatic carbocycles. The summed E-state index contributed by atoms with van der Waals surface area (Å²) < 4.78 is 5.31. The number of hydrogen-bond donors (Lipinski definition) is 2. The van der Waals surface area contributed by atoms with Crippen molar-refractivity contribution in [1.82, 2.24) is 10.6 Å². The van der Waals surface area contributed by atoms with Gasteiger partial charge >= 0.3 is 6.09 Å². The zero-order valence-electron chi connectivity index (χ0n) is 14.1. The van der Waals surface area contributed by atoms with Crippen LogP contribution in [0.25, 0.3) is 0 Å². The highest BCUT2D eigenvalue weighted by Gasteiger charge is 2.28. The average molecular weight is 304 g/mol. The van der Waals surface area contributed by atoms with Crippen molar-refractivity contribution in [2.75, 3.05) is 0 Å². The van der Waals surface area contributed by atoms with Crippen molar-refractivity contribution in [2.45, 2.75) is 70.7 Å². The van der Waals surface area contributed by atoms with Gasteiger partial charge in [0, 0.05) is 18.1 Å². The standard InChI is InChI=1S/C18H28N2O2/c1-13(14-8-6-5-7-9-14)19-15-10-11-16(12-15)20-17(21)22-18(2,3)4/h5-9,13,15-16,19H,10-12H2,1-4H3,(H,20,21). The molecule has 22 heavy (non-hydrogen) atoms. The Hall–Kier alpha value is -1.55. The van der Waals surface area contributed by atoms with Crippen molar-refractivity contribution < 1.29 is 9.53 Å². The summed E-state index contributed by atoms with van der Waals surface area (Å²) in [6, 6.07) is 11.4. The fourth-order valence-corrected chi connectivity index (χ4v) is 2.93. The van der Waals surface area contributed by atoms with Gasteiger partial charge < -0.3 is 15.4 Å². The first-order chi connectivity index (χ1) is 10.3. The summed E-state index contributed by atoms with van der Waals surface area (Å²) in [5.41, 5.74) is 0.855. The van der Waals surface area contributed by atoms with E-state index in [9.17, 15) is 4.79 Å². The van der Waals surface area contributed by atoms with Gasteiger partial charge in [0.2, 0.25) is 0 Å². The zero-order chi connectivity index (χ0) is 16.2. The Labute approximate surface area is 133 Å². The molecule has 2 N–H and O–H groups in total. The van der Waals surface area contributed by atoms with Crippen LogP contribution >= 0.6 is 0 Å². The lowest BCUT2D eigenvalue weighted by Crippen LogP contribution is -2.39. The number of hydrogen-bond acceptors (Lipinski definition) is 3. The minimum Gasteiger partial charge on any atom is -0.444 e. The van der Waals surface area contributed by atoms with Gasteiger partial charge in [0.05, 0.1) is 0 Å². The maximum absolute atomic E-state index is 11.8. The van der Waals surface area contributed by atoms with E-state index in [1.807, 2.05) is 26.8 Å². The summed E-state index contributed by atoms with van der Waals surface area (Å²) in [7, 11) is 0. The molecule has 4 heteroatoms. The monoisotopic (exact) mass is 304 g/mol. The SMILES string of the molecule is CC(NC1CCC(NC(=O)OC(C)(C)C)C1)c1ccccc1. The van der Waals surface area contributed by atoms with Crippen LogP contribution in [0.4, 0.5) is 4.79 Å². The lowest BCUT2D eigenvalue weighted by atomic mass is 10.1. The Kier molecular flexibility index (Phi) is 5.46. The zero-order valence-corrected chi connectivity index (χ0v) is 14.1. The lowest BCUT2D eigenvalue weighted by Gasteiger charge is -2.22. The Balaban J connectivity index is 1.77. The maximum atomic E-state index is 11.8. The highest BCUT2D eigenvalue weighted by atomic mass is 16.6. The molecule has 0 spiro atoms. The van der Waals surface area contributed by atoms with Crippen molar-refractivity contribution >= 4 is 6.09 Å². The number of amides is 1. The van der Waals surface area contributed by atoms with Gasteiger partial charge in [-0.25, -0.2) is 4.79 Å². The topological polar surface area (TPSA) is 50.4 Å². The molecule has 2 rings (SSSR count). The van der Waals surface area contributed by atoms with Crippen LogP contribution in [0.1, 0.15) is 58.6 Å². The molecule has 0 aliphatic heterocycles. The van der Waals surface area contributed by atoms with Crippen molar-refractivity contribution in [3.05, 3.63) is 35.9 Å².